The van der Waals surface area contributed by atoms with Gasteiger partial charge in [-0.2, -0.15) is 11.8 Å². The van der Waals surface area contributed by atoms with Gasteiger partial charge in [-0.1, -0.05) is 24.3 Å². The fraction of sp³-hybridized carbons (Fsp3) is 0.316. The van der Waals surface area contributed by atoms with E-state index in [4.69, 9.17) is 14.5 Å². The summed E-state index contributed by atoms with van der Waals surface area (Å²) in [6.07, 6.45) is 2.09. The molecule has 1 heterocycles. The van der Waals surface area contributed by atoms with Gasteiger partial charge < -0.3 is 14.8 Å². The van der Waals surface area contributed by atoms with Gasteiger partial charge >= 0.3 is 0 Å². The van der Waals surface area contributed by atoms with Crippen molar-refractivity contribution in [3.63, 3.8) is 0 Å². The first-order valence-corrected chi connectivity index (χ1v) is 9.24. The summed E-state index contributed by atoms with van der Waals surface area (Å²) in [5.41, 5.74) is 2.39. The first-order valence-electron chi connectivity index (χ1n) is 7.85. The molecule has 0 bridgehead atoms. The molecule has 0 amide bonds. The number of benzene rings is 2. The first kappa shape index (κ1) is 16.7. The average molecular weight is 342 g/mol. The summed E-state index contributed by atoms with van der Waals surface area (Å²) in [7, 11) is 3.36. The normalized spacial score (nSPS) is 19.5. The Morgan fingerprint density at radius 2 is 1.46 bits per heavy atom. The summed E-state index contributed by atoms with van der Waals surface area (Å²) in [5.74, 6) is 3.66. The van der Waals surface area contributed by atoms with Crippen LogP contribution in [-0.2, 0) is 0 Å². The molecule has 0 fully saturated rings. The summed E-state index contributed by atoms with van der Waals surface area (Å²) in [6, 6.07) is 16.5. The third kappa shape index (κ3) is 3.51. The Bertz CT molecular complexity index is 698. The number of amidine groups is 1. The summed E-state index contributed by atoms with van der Waals surface area (Å²) in [6.45, 7) is 0. The van der Waals surface area contributed by atoms with E-state index in [0.29, 0.717) is 0 Å². The SMILES string of the molecule is COc1ccc(C2N=C(CSC)NC2c2ccc(OC)cc2)cc1. The third-order valence-electron chi connectivity index (χ3n) is 4.15. The topological polar surface area (TPSA) is 42.8 Å². The van der Waals surface area contributed by atoms with Gasteiger partial charge in [0.15, 0.2) is 0 Å². The van der Waals surface area contributed by atoms with E-state index in [9.17, 15) is 0 Å². The van der Waals surface area contributed by atoms with Crippen molar-refractivity contribution in [2.75, 3.05) is 26.2 Å². The van der Waals surface area contributed by atoms with Gasteiger partial charge in [0, 0.05) is 0 Å². The van der Waals surface area contributed by atoms with Gasteiger partial charge in [-0.3, -0.25) is 4.99 Å². The molecule has 1 aliphatic heterocycles. The molecule has 4 nitrogen and oxygen atoms in total. The molecule has 5 heteroatoms. The molecule has 2 unspecified atom stereocenters. The number of hydrogen-bond acceptors (Lipinski definition) is 5. The fourth-order valence-electron chi connectivity index (χ4n) is 2.90. The Hall–Kier alpha value is -2.14. The predicted octanol–water partition coefficient (Wildman–Crippen LogP) is 3.85. The van der Waals surface area contributed by atoms with Crippen LogP contribution in [0.25, 0.3) is 0 Å². The molecule has 24 heavy (non-hydrogen) atoms. The zero-order valence-corrected chi connectivity index (χ0v) is 15.0. The van der Waals surface area contributed by atoms with Gasteiger partial charge in [0.1, 0.15) is 23.4 Å². The molecular weight excluding hydrogens is 320 g/mol. The summed E-state index contributed by atoms with van der Waals surface area (Å²) in [4.78, 5) is 4.92. The van der Waals surface area contributed by atoms with Crippen molar-refractivity contribution in [2.24, 2.45) is 4.99 Å². The van der Waals surface area contributed by atoms with Crippen LogP contribution < -0.4 is 14.8 Å². The molecule has 2 aromatic carbocycles. The lowest BCUT2D eigenvalue weighted by Gasteiger charge is -2.20. The highest BCUT2D eigenvalue weighted by Crippen LogP contribution is 2.37. The number of rotatable bonds is 6. The molecule has 3 rings (SSSR count). The molecule has 2 aromatic rings. The van der Waals surface area contributed by atoms with E-state index < -0.39 is 0 Å². The van der Waals surface area contributed by atoms with Crippen LogP contribution in [0.2, 0.25) is 0 Å². The van der Waals surface area contributed by atoms with Crippen molar-refractivity contribution in [3.05, 3.63) is 59.7 Å². The van der Waals surface area contributed by atoms with Crippen molar-refractivity contribution in [3.8, 4) is 11.5 Å². The number of ether oxygens (including phenoxy) is 2. The van der Waals surface area contributed by atoms with E-state index in [0.717, 1.165) is 23.1 Å². The Balaban J connectivity index is 1.90. The van der Waals surface area contributed by atoms with Crippen molar-refractivity contribution >= 4 is 17.6 Å². The van der Waals surface area contributed by atoms with E-state index >= 15 is 0 Å². The Morgan fingerprint density at radius 3 is 1.96 bits per heavy atom. The number of nitrogens with one attached hydrogen (secondary N) is 1. The number of thioether (sulfide) groups is 1. The Morgan fingerprint density at radius 1 is 0.917 bits per heavy atom. The maximum Gasteiger partial charge on any atom is 0.118 e. The van der Waals surface area contributed by atoms with Gasteiger partial charge in [-0.25, -0.2) is 0 Å². The largest absolute Gasteiger partial charge is 0.497 e. The summed E-state index contributed by atoms with van der Waals surface area (Å²) < 4.78 is 10.5. The van der Waals surface area contributed by atoms with Crippen LogP contribution in [0, 0.1) is 0 Å². The zero-order valence-electron chi connectivity index (χ0n) is 14.2. The molecule has 0 radical (unpaired) electrons. The third-order valence-corrected chi connectivity index (χ3v) is 4.71. The number of hydrogen-bond donors (Lipinski definition) is 1. The second-order valence-electron chi connectivity index (χ2n) is 5.62. The summed E-state index contributed by atoms with van der Waals surface area (Å²) in [5, 5.41) is 3.58. The molecule has 0 saturated heterocycles. The highest BCUT2D eigenvalue weighted by atomic mass is 32.2. The minimum atomic E-state index is 0.0615. The Kier molecular flexibility index (Phi) is 5.30. The zero-order chi connectivity index (χ0) is 16.9. The van der Waals surface area contributed by atoms with E-state index in [2.05, 4.69) is 35.8 Å². The average Bonchev–Trinajstić information content (AvgIpc) is 3.06. The number of nitrogens with zero attached hydrogens (tertiary/aromatic N) is 1. The molecule has 2 atom stereocenters. The van der Waals surface area contributed by atoms with E-state index in [1.807, 2.05) is 24.3 Å². The van der Waals surface area contributed by atoms with Gasteiger partial charge in [0.2, 0.25) is 0 Å². The Labute approximate surface area is 147 Å². The van der Waals surface area contributed by atoms with Gasteiger partial charge in [0.25, 0.3) is 0 Å². The molecule has 0 aromatic heterocycles. The lowest BCUT2D eigenvalue weighted by molar-refractivity contribution is 0.414. The van der Waals surface area contributed by atoms with E-state index in [1.54, 1.807) is 26.0 Å². The highest BCUT2D eigenvalue weighted by Gasteiger charge is 2.30. The van der Waals surface area contributed by atoms with E-state index in [1.165, 1.54) is 11.1 Å². The standard InChI is InChI=1S/C19H22N2O2S/c1-22-15-8-4-13(5-9-15)18-19(21-17(20-18)12-24-3)14-6-10-16(23-2)11-7-14/h4-11,18-19H,12H2,1-3H3,(H,20,21). The quantitative estimate of drug-likeness (QED) is 0.866. The molecule has 126 valence electrons. The van der Waals surface area contributed by atoms with Crippen LogP contribution in [0.15, 0.2) is 53.5 Å². The smallest absolute Gasteiger partial charge is 0.118 e. The van der Waals surface area contributed by atoms with Crippen LogP contribution in [0.3, 0.4) is 0 Å². The number of aliphatic imine (C=N–C) groups is 1. The molecule has 0 aliphatic carbocycles. The monoisotopic (exact) mass is 342 g/mol. The van der Waals surface area contributed by atoms with Gasteiger partial charge in [-0.15, -0.1) is 0 Å². The minimum Gasteiger partial charge on any atom is -0.497 e. The van der Waals surface area contributed by atoms with Crippen LogP contribution >= 0.6 is 11.8 Å². The fourth-order valence-corrected chi connectivity index (χ4v) is 3.33. The minimum absolute atomic E-state index is 0.0615. The second-order valence-corrected chi connectivity index (χ2v) is 6.49. The first-order chi connectivity index (χ1) is 11.7. The van der Waals surface area contributed by atoms with Gasteiger partial charge in [-0.05, 0) is 41.6 Å². The highest BCUT2D eigenvalue weighted by molar-refractivity contribution is 7.99. The van der Waals surface area contributed by atoms with Crippen molar-refractivity contribution < 1.29 is 9.47 Å². The maximum atomic E-state index is 5.26. The number of methoxy groups -OCH3 is 2. The second kappa shape index (κ2) is 7.62. The lowest BCUT2D eigenvalue weighted by Crippen LogP contribution is -2.25. The van der Waals surface area contributed by atoms with Crippen LogP contribution in [0.5, 0.6) is 11.5 Å². The molecule has 0 spiro atoms. The molecule has 0 saturated carbocycles. The van der Waals surface area contributed by atoms with Crippen molar-refractivity contribution in [1.82, 2.24) is 5.32 Å². The van der Waals surface area contributed by atoms with Crippen molar-refractivity contribution in [1.29, 1.82) is 0 Å². The van der Waals surface area contributed by atoms with Crippen LogP contribution in [0.4, 0.5) is 0 Å². The van der Waals surface area contributed by atoms with Crippen LogP contribution in [-0.4, -0.2) is 32.1 Å². The predicted molar refractivity (Wildman–Crippen MR) is 100 cm³/mol. The molecular formula is C19H22N2O2S. The van der Waals surface area contributed by atoms with E-state index in [-0.39, 0.29) is 12.1 Å². The molecule has 1 aliphatic rings. The summed E-state index contributed by atoms with van der Waals surface area (Å²) >= 11 is 1.77. The van der Waals surface area contributed by atoms with Crippen LogP contribution in [0.1, 0.15) is 23.2 Å². The van der Waals surface area contributed by atoms with Gasteiger partial charge in [0.05, 0.1) is 26.0 Å². The van der Waals surface area contributed by atoms with Crippen molar-refractivity contribution in [2.45, 2.75) is 12.1 Å². The molecule has 1 N–H and O–H groups in total. The maximum absolute atomic E-state index is 5.26. The lowest BCUT2D eigenvalue weighted by atomic mass is 9.95.